The first-order valence-corrected chi connectivity index (χ1v) is 9.80. The van der Waals surface area contributed by atoms with Gasteiger partial charge in [0.15, 0.2) is 6.61 Å². The predicted molar refractivity (Wildman–Crippen MR) is 109 cm³/mol. The van der Waals surface area contributed by atoms with Crippen LogP contribution in [0.3, 0.4) is 0 Å². The molecule has 0 bridgehead atoms. The highest BCUT2D eigenvalue weighted by atomic mass is 16.5. The van der Waals surface area contributed by atoms with E-state index in [0.717, 1.165) is 35.7 Å². The second-order valence-electron chi connectivity index (χ2n) is 7.18. The summed E-state index contributed by atoms with van der Waals surface area (Å²) in [5.74, 6) is 1.55. The van der Waals surface area contributed by atoms with E-state index in [2.05, 4.69) is 22.4 Å². The van der Waals surface area contributed by atoms with E-state index in [1.807, 2.05) is 48.0 Å². The fraction of sp³-hybridized carbons (Fsp3) is 0.304. The maximum atomic E-state index is 12.3. The van der Waals surface area contributed by atoms with Crippen molar-refractivity contribution in [3.8, 4) is 11.4 Å². The summed E-state index contributed by atoms with van der Waals surface area (Å²) in [7, 11) is 0. The zero-order valence-corrected chi connectivity index (χ0v) is 16.1. The molecule has 1 heterocycles. The molecule has 1 aliphatic carbocycles. The molecular formula is C23H25N3O2. The number of carbonyl (C=O) groups is 1. The van der Waals surface area contributed by atoms with Crippen LogP contribution in [0.1, 0.15) is 35.4 Å². The minimum Gasteiger partial charge on any atom is -0.484 e. The number of fused-ring (bicyclic) bond motifs is 1. The highest BCUT2D eigenvalue weighted by molar-refractivity contribution is 5.77. The number of benzene rings is 2. The van der Waals surface area contributed by atoms with Gasteiger partial charge in [-0.3, -0.25) is 4.79 Å². The number of hydrogen-bond donors (Lipinski definition) is 1. The third-order valence-corrected chi connectivity index (χ3v) is 5.24. The van der Waals surface area contributed by atoms with Crippen molar-refractivity contribution in [2.24, 2.45) is 0 Å². The van der Waals surface area contributed by atoms with Crippen LogP contribution < -0.4 is 10.1 Å². The van der Waals surface area contributed by atoms with E-state index in [-0.39, 0.29) is 12.5 Å². The smallest absolute Gasteiger partial charge is 0.258 e. The minimum absolute atomic E-state index is 0.0189. The lowest BCUT2D eigenvalue weighted by Crippen LogP contribution is -2.28. The zero-order chi connectivity index (χ0) is 19.3. The normalized spacial score (nSPS) is 13.0. The molecule has 0 saturated heterocycles. The van der Waals surface area contributed by atoms with Crippen LogP contribution in [-0.4, -0.2) is 22.1 Å². The van der Waals surface area contributed by atoms with Gasteiger partial charge < -0.3 is 14.6 Å². The lowest BCUT2D eigenvalue weighted by atomic mass is 9.92. The van der Waals surface area contributed by atoms with Gasteiger partial charge in [-0.2, -0.15) is 0 Å². The van der Waals surface area contributed by atoms with Crippen LogP contribution in [0, 0.1) is 6.92 Å². The minimum atomic E-state index is -0.130. The Hall–Kier alpha value is -3.08. The molecule has 0 radical (unpaired) electrons. The topological polar surface area (TPSA) is 56.2 Å². The van der Waals surface area contributed by atoms with E-state index in [9.17, 15) is 4.79 Å². The van der Waals surface area contributed by atoms with E-state index in [0.29, 0.717) is 6.54 Å². The van der Waals surface area contributed by atoms with E-state index in [4.69, 9.17) is 4.74 Å². The molecule has 2 aromatic carbocycles. The number of nitrogens with zero attached hydrogens (tertiary/aromatic N) is 2. The van der Waals surface area contributed by atoms with Crippen LogP contribution in [0.4, 0.5) is 0 Å². The molecule has 4 rings (SSSR count). The number of para-hydroxylation sites is 1. The van der Waals surface area contributed by atoms with E-state index in [1.54, 1.807) is 6.20 Å². The van der Waals surface area contributed by atoms with Crippen molar-refractivity contribution in [3.63, 3.8) is 0 Å². The Morgan fingerprint density at radius 2 is 1.96 bits per heavy atom. The molecule has 5 heteroatoms. The van der Waals surface area contributed by atoms with Gasteiger partial charge >= 0.3 is 0 Å². The summed E-state index contributed by atoms with van der Waals surface area (Å²) in [4.78, 5) is 16.6. The fourth-order valence-corrected chi connectivity index (χ4v) is 3.72. The van der Waals surface area contributed by atoms with Crippen molar-refractivity contribution in [1.82, 2.24) is 14.9 Å². The summed E-state index contributed by atoms with van der Waals surface area (Å²) in [6, 6.07) is 14.2. The number of imidazole rings is 1. The summed E-state index contributed by atoms with van der Waals surface area (Å²) in [5, 5.41) is 2.96. The molecule has 28 heavy (non-hydrogen) atoms. The average molecular weight is 375 g/mol. The van der Waals surface area contributed by atoms with Gasteiger partial charge in [0, 0.05) is 18.9 Å². The van der Waals surface area contributed by atoms with Crippen molar-refractivity contribution in [2.75, 3.05) is 6.61 Å². The van der Waals surface area contributed by atoms with Gasteiger partial charge in [-0.25, -0.2) is 4.98 Å². The lowest BCUT2D eigenvalue weighted by Gasteiger charge is -2.17. The van der Waals surface area contributed by atoms with Crippen LogP contribution in [0.25, 0.3) is 5.69 Å². The monoisotopic (exact) mass is 375 g/mol. The summed E-state index contributed by atoms with van der Waals surface area (Å²) in [5.41, 5.74) is 4.82. The molecule has 144 valence electrons. The van der Waals surface area contributed by atoms with Gasteiger partial charge in [-0.15, -0.1) is 0 Å². The number of aryl methyl sites for hydroxylation is 3. The Bertz CT molecular complexity index is 977. The molecule has 1 aromatic heterocycles. The van der Waals surface area contributed by atoms with Gasteiger partial charge in [0.05, 0.1) is 5.69 Å². The highest BCUT2D eigenvalue weighted by Crippen LogP contribution is 2.25. The Labute approximate surface area is 165 Å². The molecule has 0 aliphatic heterocycles. The van der Waals surface area contributed by atoms with Gasteiger partial charge in [0.25, 0.3) is 5.91 Å². The number of carbonyl (C=O) groups excluding carboxylic acids is 1. The molecule has 5 nitrogen and oxygen atoms in total. The van der Waals surface area contributed by atoms with Crippen molar-refractivity contribution < 1.29 is 9.53 Å². The highest BCUT2D eigenvalue weighted by Gasteiger charge is 2.11. The summed E-state index contributed by atoms with van der Waals surface area (Å²) < 4.78 is 7.74. The molecule has 3 aromatic rings. The second kappa shape index (κ2) is 8.30. The third-order valence-electron chi connectivity index (χ3n) is 5.24. The van der Waals surface area contributed by atoms with E-state index >= 15 is 0 Å². The van der Waals surface area contributed by atoms with Gasteiger partial charge in [-0.1, -0.05) is 24.3 Å². The van der Waals surface area contributed by atoms with Crippen molar-refractivity contribution in [1.29, 1.82) is 0 Å². The van der Waals surface area contributed by atoms with Gasteiger partial charge in [0.1, 0.15) is 11.6 Å². The molecule has 1 aliphatic rings. The van der Waals surface area contributed by atoms with Gasteiger partial charge in [-0.05, 0) is 67.5 Å². The zero-order valence-electron chi connectivity index (χ0n) is 16.1. The molecule has 0 unspecified atom stereocenters. The number of aromatic nitrogens is 2. The van der Waals surface area contributed by atoms with Crippen molar-refractivity contribution in [2.45, 2.75) is 39.2 Å². The van der Waals surface area contributed by atoms with Crippen LogP contribution in [0.2, 0.25) is 0 Å². The number of amides is 1. The second-order valence-corrected chi connectivity index (χ2v) is 7.18. The number of hydrogen-bond acceptors (Lipinski definition) is 3. The quantitative estimate of drug-likeness (QED) is 0.714. The Kier molecular flexibility index (Phi) is 5.42. The SMILES string of the molecule is Cc1nccn1-c1ccccc1CNC(=O)COc1ccc2c(c1)CCCC2. The van der Waals surface area contributed by atoms with Crippen LogP contribution >= 0.6 is 0 Å². The maximum absolute atomic E-state index is 12.3. The first-order valence-electron chi connectivity index (χ1n) is 9.80. The molecule has 0 atom stereocenters. The van der Waals surface area contributed by atoms with Crippen LogP contribution in [0.5, 0.6) is 5.75 Å². The van der Waals surface area contributed by atoms with Crippen LogP contribution in [0.15, 0.2) is 54.9 Å². The van der Waals surface area contributed by atoms with E-state index < -0.39 is 0 Å². The first kappa shape index (κ1) is 18.3. The number of nitrogens with one attached hydrogen (secondary N) is 1. The largest absolute Gasteiger partial charge is 0.484 e. The van der Waals surface area contributed by atoms with E-state index in [1.165, 1.54) is 24.0 Å². The predicted octanol–water partition coefficient (Wildman–Crippen LogP) is 3.75. The molecular weight excluding hydrogens is 350 g/mol. The molecule has 0 spiro atoms. The third kappa shape index (κ3) is 4.09. The number of rotatable bonds is 6. The Balaban J connectivity index is 1.35. The molecule has 0 fully saturated rings. The van der Waals surface area contributed by atoms with Gasteiger partial charge in [0.2, 0.25) is 0 Å². The summed E-state index contributed by atoms with van der Waals surface area (Å²) in [6.45, 7) is 2.42. The Morgan fingerprint density at radius 3 is 2.79 bits per heavy atom. The lowest BCUT2D eigenvalue weighted by molar-refractivity contribution is -0.123. The maximum Gasteiger partial charge on any atom is 0.258 e. The van der Waals surface area contributed by atoms with Crippen molar-refractivity contribution >= 4 is 5.91 Å². The summed E-state index contributed by atoms with van der Waals surface area (Å²) in [6.07, 6.45) is 8.43. The number of ether oxygens (including phenoxy) is 1. The molecule has 1 amide bonds. The standard InChI is InChI=1S/C23H25N3O2/c1-17-24-12-13-26(17)22-9-5-4-8-20(22)15-25-23(27)16-28-21-11-10-18-6-2-3-7-19(18)14-21/h4-5,8-14H,2-3,6-7,15-16H2,1H3,(H,25,27). The fourth-order valence-electron chi connectivity index (χ4n) is 3.72. The van der Waals surface area contributed by atoms with Crippen LogP contribution in [-0.2, 0) is 24.2 Å². The first-order chi connectivity index (χ1) is 13.7. The Morgan fingerprint density at radius 1 is 1.14 bits per heavy atom. The summed E-state index contributed by atoms with van der Waals surface area (Å²) >= 11 is 0. The molecule has 0 saturated carbocycles. The average Bonchev–Trinajstić information content (AvgIpc) is 3.16. The van der Waals surface area contributed by atoms with Crippen molar-refractivity contribution in [3.05, 3.63) is 77.4 Å². The molecule has 1 N–H and O–H groups in total.